The van der Waals surface area contributed by atoms with Crippen LogP contribution in [0.15, 0.2) is 28.7 Å². The molecule has 1 aromatic heterocycles. The molecule has 0 atom stereocenters. The van der Waals surface area contributed by atoms with Crippen LogP contribution in [0, 0.1) is 0 Å². The standard InChI is InChI=1S/C15H21NO2S/c1-17-14-7-5-6-12-10-13(18-15(12)14)11-16-8-3-4-9-19-2/h5-7,10,16H,3-4,8-9,11H2,1-2H3. The van der Waals surface area contributed by atoms with Gasteiger partial charge in [-0.15, -0.1) is 0 Å². The Kier molecular flexibility index (Phi) is 5.61. The Labute approximate surface area is 118 Å². The lowest BCUT2D eigenvalue weighted by molar-refractivity contribution is 0.406. The SMILES string of the molecule is COc1cccc2cc(CNCCCCSC)oc12. The maximum absolute atomic E-state index is 5.83. The Hall–Kier alpha value is -1.13. The summed E-state index contributed by atoms with van der Waals surface area (Å²) in [4.78, 5) is 0. The molecule has 2 rings (SSSR count). The van der Waals surface area contributed by atoms with Gasteiger partial charge in [-0.25, -0.2) is 0 Å². The van der Waals surface area contributed by atoms with Crippen LogP contribution in [0.4, 0.5) is 0 Å². The molecule has 0 unspecified atom stereocenters. The van der Waals surface area contributed by atoms with E-state index in [1.807, 2.05) is 30.0 Å². The zero-order chi connectivity index (χ0) is 13.5. The normalized spacial score (nSPS) is 11.1. The first kappa shape index (κ1) is 14.3. The summed E-state index contributed by atoms with van der Waals surface area (Å²) in [5.74, 6) is 3.00. The van der Waals surface area contributed by atoms with Gasteiger partial charge in [0, 0.05) is 5.39 Å². The maximum Gasteiger partial charge on any atom is 0.176 e. The van der Waals surface area contributed by atoms with Gasteiger partial charge in [0.05, 0.1) is 13.7 Å². The molecule has 0 aliphatic heterocycles. The number of fused-ring (bicyclic) bond motifs is 1. The summed E-state index contributed by atoms with van der Waals surface area (Å²) in [5.41, 5.74) is 0.837. The van der Waals surface area contributed by atoms with Gasteiger partial charge in [-0.3, -0.25) is 0 Å². The van der Waals surface area contributed by atoms with Gasteiger partial charge in [-0.1, -0.05) is 12.1 Å². The van der Waals surface area contributed by atoms with E-state index in [0.717, 1.165) is 35.6 Å². The number of hydrogen-bond acceptors (Lipinski definition) is 4. The van der Waals surface area contributed by atoms with E-state index in [1.54, 1.807) is 7.11 Å². The first-order valence-electron chi connectivity index (χ1n) is 6.60. The van der Waals surface area contributed by atoms with E-state index in [2.05, 4.69) is 17.6 Å². The number of ether oxygens (including phenoxy) is 1. The fourth-order valence-corrected chi connectivity index (χ4v) is 2.54. The summed E-state index contributed by atoms with van der Waals surface area (Å²) in [6.45, 7) is 1.81. The van der Waals surface area contributed by atoms with Crippen LogP contribution in [0.2, 0.25) is 0 Å². The van der Waals surface area contributed by atoms with Gasteiger partial charge in [-0.05, 0) is 43.5 Å². The highest BCUT2D eigenvalue weighted by molar-refractivity contribution is 7.98. The van der Waals surface area contributed by atoms with Gasteiger partial charge in [0.25, 0.3) is 0 Å². The van der Waals surface area contributed by atoms with Crippen LogP contribution in [-0.2, 0) is 6.54 Å². The second kappa shape index (κ2) is 7.46. The molecule has 0 bridgehead atoms. The predicted molar refractivity (Wildman–Crippen MR) is 82.1 cm³/mol. The first-order chi connectivity index (χ1) is 9.35. The molecule has 0 fully saturated rings. The molecule has 4 heteroatoms. The van der Waals surface area contributed by atoms with Crippen molar-refractivity contribution in [3.63, 3.8) is 0 Å². The molecule has 0 amide bonds. The van der Waals surface area contributed by atoms with Crippen LogP contribution in [0.25, 0.3) is 11.0 Å². The summed E-state index contributed by atoms with van der Waals surface area (Å²) in [7, 11) is 1.67. The van der Waals surface area contributed by atoms with Crippen molar-refractivity contribution in [3.8, 4) is 5.75 Å². The molecule has 19 heavy (non-hydrogen) atoms. The zero-order valence-corrected chi connectivity index (χ0v) is 12.4. The third-order valence-corrected chi connectivity index (χ3v) is 3.73. The smallest absolute Gasteiger partial charge is 0.176 e. The molecule has 0 saturated heterocycles. The highest BCUT2D eigenvalue weighted by atomic mass is 32.2. The minimum Gasteiger partial charge on any atom is -0.493 e. The molecule has 1 heterocycles. The third-order valence-electron chi connectivity index (χ3n) is 3.03. The number of furan rings is 1. The molecule has 3 nitrogen and oxygen atoms in total. The second-order valence-corrected chi connectivity index (χ2v) is 5.45. The highest BCUT2D eigenvalue weighted by Gasteiger charge is 2.07. The quantitative estimate of drug-likeness (QED) is 0.748. The monoisotopic (exact) mass is 279 g/mol. The number of para-hydroxylation sites is 1. The Bertz CT molecular complexity index is 510. The van der Waals surface area contributed by atoms with Crippen LogP contribution in [0.1, 0.15) is 18.6 Å². The van der Waals surface area contributed by atoms with Gasteiger partial charge < -0.3 is 14.5 Å². The fourth-order valence-electron chi connectivity index (χ4n) is 2.05. The van der Waals surface area contributed by atoms with Crippen molar-refractivity contribution >= 4 is 22.7 Å². The Morgan fingerprint density at radius 2 is 2.21 bits per heavy atom. The van der Waals surface area contributed by atoms with Crippen LogP contribution < -0.4 is 10.1 Å². The van der Waals surface area contributed by atoms with E-state index < -0.39 is 0 Å². The van der Waals surface area contributed by atoms with E-state index in [0.29, 0.717) is 0 Å². The first-order valence-corrected chi connectivity index (χ1v) is 7.99. The minimum absolute atomic E-state index is 0.775. The van der Waals surface area contributed by atoms with Gasteiger partial charge in [0.15, 0.2) is 11.3 Å². The molecule has 1 aromatic carbocycles. The summed E-state index contributed by atoms with van der Waals surface area (Å²) in [6, 6.07) is 8.03. The average Bonchev–Trinajstić information content (AvgIpc) is 2.85. The molecule has 2 aromatic rings. The number of rotatable bonds is 8. The summed E-state index contributed by atoms with van der Waals surface area (Å²) < 4.78 is 11.1. The lowest BCUT2D eigenvalue weighted by Crippen LogP contribution is -2.14. The molecule has 0 aliphatic rings. The topological polar surface area (TPSA) is 34.4 Å². The lowest BCUT2D eigenvalue weighted by Gasteiger charge is -2.02. The molecule has 0 spiro atoms. The number of hydrogen-bond donors (Lipinski definition) is 1. The number of thioether (sulfide) groups is 1. The van der Waals surface area contributed by atoms with Gasteiger partial charge >= 0.3 is 0 Å². The predicted octanol–water partition coefficient (Wildman–Crippen LogP) is 3.67. The Morgan fingerprint density at radius 3 is 3.00 bits per heavy atom. The lowest BCUT2D eigenvalue weighted by atomic mass is 10.2. The highest BCUT2D eigenvalue weighted by Crippen LogP contribution is 2.28. The van der Waals surface area contributed by atoms with Crippen molar-refractivity contribution in [1.29, 1.82) is 0 Å². The molecule has 0 aliphatic carbocycles. The van der Waals surface area contributed by atoms with Crippen molar-refractivity contribution in [2.45, 2.75) is 19.4 Å². The van der Waals surface area contributed by atoms with Crippen LogP contribution in [0.5, 0.6) is 5.75 Å². The van der Waals surface area contributed by atoms with Crippen molar-refractivity contribution in [3.05, 3.63) is 30.0 Å². The summed E-state index contributed by atoms with van der Waals surface area (Å²) >= 11 is 1.90. The molecule has 1 N–H and O–H groups in total. The number of methoxy groups -OCH3 is 1. The molecule has 0 saturated carbocycles. The molecule has 104 valence electrons. The van der Waals surface area contributed by atoms with Crippen LogP contribution >= 0.6 is 11.8 Å². The van der Waals surface area contributed by atoms with E-state index in [4.69, 9.17) is 9.15 Å². The molecular weight excluding hydrogens is 258 g/mol. The van der Waals surface area contributed by atoms with Crippen molar-refractivity contribution in [2.24, 2.45) is 0 Å². The minimum atomic E-state index is 0.775. The van der Waals surface area contributed by atoms with Crippen molar-refractivity contribution in [2.75, 3.05) is 25.7 Å². The van der Waals surface area contributed by atoms with E-state index in [-0.39, 0.29) is 0 Å². The Balaban J connectivity index is 1.87. The number of nitrogens with one attached hydrogen (secondary N) is 1. The summed E-state index contributed by atoms with van der Waals surface area (Å²) in [5, 5.41) is 4.51. The van der Waals surface area contributed by atoms with Crippen molar-refractivity contribution < 1.29 is 9.15 Å². The fraction of sp³-hybridized carbons (Fsp3) is 0.467. The molecule has 0 radical (unpaired) electrons. The van der Waals surface area contributed by atoms with E-state index in [1.165, 1.54) is 18.6 Å². The van der Waals surface area contributed by atoms with Crippen LogP contribution in [0.3, 0.4) is 0 Å². The maximum atomic E-state index is 5.83. The van der Waals surface area contributed by atoms with E-state index in [9.17, 15) is 0 Å². The van der Waals surface area contributed by atoms with Gasteiger partial charge in [0.2, 0.25) is 0 Å². The summed E-state index contributed by atoms with van der Waals surface area (Å²) in [6.07, 6.45) is 4.63. The average molecular weight is 279 g/mol. The second-order valence-electron chi connectivity index (χ2n) is 4.47. The van der Waals surface area contributed by atoms with E-state index >= 15 is 0 Å². The van der Waals surface area contributed by atoms with Crippen LogP contribution in [-0.4, -0.2) is 25.7 Å². The largest absolute Gasteiger partial charge is 0.493 e. The number of unbranched alkanes of at least 4 members (excludes halogenated alkanes) is 1. The van der Waals surface area contributed by atoms with Crippen molar-refractivity contribution in [1.82, 2.24) is 5.32 Å². The molecular formula is C15H21NO2S. The zero-order valence-electron chi connectivity index (χ0n) is 11.6. The van der Waals surface area contributed by atoms with Gasteiger partial charge in [-0.2, -0.15) is 11.8 Å². The van der Waals surface area contributed by atoms with Gasteiger partial charge in [0.1, 0.15) is 5.76 Å². The number of benzene rings is 1. The Morgan fingerprint density at radius 1 is 1.32 bits per heavy atom. The third kappa shape index (κ3) is 3.91.